The Labute approximate surface area is 123 Å². The van der Waals surface area contributed by atoms with Gasteiger partial charge in [-0.15, -0.1) is 0 Å². The van der Waals surface area contributed by atoms with E-state index in [1.54, 1.807) is 0 Å². The number of nitrogens with zero attached hydrogens (tertiary/aromatic N) is 1. The number of rotatable bonds is 5. The number of aliphatic carboxylic acids is 1. The average molecular weight is 297 g/mol. The fourth-order valence-electron chi connectivity index (χ4n) is 3.05. The van der Waals surface area contributed by atoms with Gasteiger partial charge in [-0.2, -0.15) is 0 Å². The Morgan fingerprint density at radius 2 is 2.24 bits per heavy atom. The Morgan fingerprint density at radius 1 is 1.48 bits per heavy atom. The fraction of sp³-hybridized carbons (Fsp3) is 0.562. The van der Waals surface area contributed by atoms with Crippen molar-refractivity contribution in [3.8, 4) is 0 Å². The van der Waals surface area contributed by atoms with Gasteiger partial charge in [0, 0.05) is 25.1 Å². The second-order valence-corrected chi connectivity index (χ2v) is 5.95. The van der Waals surface area contributed by atoms with E-state index in [9.17, 15) is 13.6 Å². The zero-order valence-electron chi connectivity index (χ0n) is 12.2. The number of likely N-dealkylation sites (tertiary alicyclic amines) is 1. The SMILES string of the molecule is CC(CC(=O)O)C1CCCN(Cc2cc(F)ccc2F)C1. The number of halogens is 2. The molecule has 0 bridgehead atoms. The van der Waals surface area contributed by atoms with Gasteiger partial charge in [-0.25, -0.2) is 8.78 Å². The van der Waals surface area contributed by atoms with E-state index in [0.717, 1.165) is 38.1 Å². The third-order valence-electron chi connectivity index (χ3n) is 4.25. The summed E-state index contributed by atoms with van der Waals surface area (Å²) in [6, 6.07) is 3.51. The monoisotopic (exact) mass is 297 g/mol. The molecular weight excluding hydrogens is 276 g/mol. The lowest BCUT2D eigenvalue weighted by Crippen LogP contribution is -2.38. The van der Waals surface area contributed by atoms with E-state index in [4.69, 9.17) is 5.11 Å². The van der Waals surface area contributed by atoms with Crippen molar-refractivity contribution in [2.24, 2.45) is 11.8 Å². The predicted molar refractivity (Wildman–Crippen MR) is 75.8 cm³/mol. The van der Waals surface area contributed by atoms with Crippen molar-refractivity contribution < 1.29 is 18.7 Å². The van der Waals surface area contributed by atoms with Gasteiger partial charge in [-0.3, -0.25) is 9.69 Å². The standard InChI is InChI=1S/C16H21F2NO2/c1-11(7-16(20)21)12-3-2-6-19(9-12)10-13-8-14(17)4-5-15(13)18/h4-5,8,11-12H,2-3,6-7,9-10H2,1H3,(H,20,21). The number of benzene rings is 1. The van der Waals surface area contributed by atoms with Crippen LogP contribution in [0.5, 0.6) is 0 Å². The largest absolute Gasteiger partial charge is 0.481 e. The van der Waals surface area contributed by atoms with Gasteiger partial charge >= 0.3 is 5.97 Å². The van der Waals surface area contributed by atoms with Crippen LogP contribution in [0.15, 0.2) is 18.2 Å². The predicted octanol–water partition coefficient (Wildman–Crippen LogP) is 3.29. The summed E-state index contributed by atoms with van der Waals surface area (Å²) in [6.07, 6.45) is 2.12. The number of hydrogen-bond donors (Lipinski definition) is 1. The minimum absolute atomic E-state index is 0.0997. The average Bonchev–Trinajstić information content (AvgIpc) is 2.42. The lowest BCUT2D eigenvalue weighted by Gasteiger charge is -2.35. The Balaban J connectivity index is 1.98. The molecule has 2 atom stereocenters. The minimum atomic E-state index is -0.782. The van der Waals surface area contributed by atoms with Gasteiger partial charge in [0.1, 0.15) is 11.6 Å². The summed E-state index contributed by atoms with van der Waals surface area (Å²) in [5, 5.41) is 8.88. The third kappa shape index (κ3) is 4.49. The van der Waals surface area contributed by atoms with E-state index in [2.05, 4.69) is 4.90 Å². The van der Waals surface area contributed by atoms with Crippen LogP contribution in [-0.4, -0.2) is 29.1 Å². The van der Waals surface area contributed by atoms with Crippen molar-refractivity contribution in [1.29, 1.82) is 0 Å². The fourth-order valence-corrected chi connectivity index (χ4v) is 3.05. The van der Waals surface area contributed by atoms with Crippen molar-refractivity contribution in [1.82, 2.24) is 4.90 Å². The molecule has 0 spiro atoms. The van der Waals surface area contributed by atoms with Gasteiger partial charge in [-0.05, 0) is 49.4 Å². The molecule has 3 nitrogen and oxygen atoms in total. The van der Waals surface area contributed by atoms with Crippen molar-refractivity contribution in [2.75, 3.05) is 13.1 Å². The Bertz CT molecular complexity index is 507. The first-order valence-corrected chi connectivity index (χ1v) is 7.33. The van der Waals surface area contributed by atoms with Crippen molar-refractivity contribution in [3.63, 3.8) is 0 Å². The lowest BCUT2D eigenvalue weighted by molar-refractivity contribution is -0.138. The van der Waals surface area contributed by atoms with E-state index in [1.807, 2.05) is 6.92 Å². The summed E-state index contributed by atoms with van der Waals surface area (Å²) in [6.45, 7) is 3.90. The second kappa shape index (κ2) is 6.98. The maximum Gasteiger partial charge on any atom is 0.303 e. The third-order valence-corrected chi connectivity index (χ3v) is 4.25. The van der Waals surface area contributed by atoms with Gasteiger partial charge in [0.15, 0.2) is 0 Å². The molecule has 2 unspecified atom stereocenters. The Morgan fingerprint density at radius 3 is 2.95 bits per heavy atom. The van der Waals surface area contributed by atoms with Crippen LogP contribution in [0.1, 0.15) is 31.7 Å². The summed E-state index contributed by atoms with van der Waals surface area (Å²) < 4.78 is 26.9. The molecule has 0 saturated carbocycles. The molecule has 116 valence electrons. The highest BCUT2D eigenvalue weighted by molar-refractivity contribution is 5.67. The van der Waals surface area contributed by atoms with Gasteiger partial charge < -0.3 is 5.11 Å². The maximum absolute atomic E-state index is 13.7. The van der Waals surface area contributed by atoms with E-state index in [-0.39, 0.29) is 12.3 Å². The summed E-state index contributed by atoms with van der Waals surface area (Å²) in [7, 11) is 0. The molecule has 0 aliphatic carbocycles. The summed E-state index contributed by atoms with van der Waals surface area (Å²) in [5.74, 6) is -1.21. The molecule has 2 rings (SSSR count). The van der Waals surface area contributed by atoms with Gasteiger partial charge in [0.05, 0.1) is 0 Å². The highest BCUT2D eigenvalue weighted by Gasteiger charge is 2.26. The summed E-state index contributed by atoms with van der Waals surface area (Å²) in [5.41, 5.74) is 0.363. The molecule has 1 aromatic rings. The highest BCUT2D eigenvalue weighted by Crippen LogP contribution is 2.27. The normalized spacial score (nSPS) is 21.2. The van der Waals surface area contributed by atoms with E-state index >= 15 is 0 Å². The van der Waals surface area contributed by atoms with Crippen molar-refractivity contribution in [2.45, 2.75) is 32.7 Å². The quantitative estimate of drug-likeness (QED) is 0.906. The maximum atomic E-state index is 13.7. The topological polar surface area (TPSA) is 40.5 Å². The number of carboxylic acid groups (broad SMARTS) is 1. The zero-order chi connectivity index (χ0) is 15.4. The van der Waals surface area contributed by atoms with Crippen LogP contribution in [0.25, 0.3) is 0 Å². The molecule has 0 aromatic heterocycles. The van der Waals surface area contributed by atoms with Gasteiger partial charge in [0.25, 0.3) is 0 Å². The van der Waals surface area contributed by atoms with E-state index < -0.39 is 17.6 Å². The summed E-state index contributed by atoms with van der Waals surface area (Å²) in [4.78, 5) is 12.9. The summed E-state index contributed by atoms with van der Waals surface area (Å²) >= 11 is 0. The van der Waals surface area contributed by atoms with Crippen LogP contribution in [0, 0.1) is 23.5 Å². The highest BCUT2D eigenvalue weighted by atomic mass is 19.1. The first-order valence-electron chi connectivity index (χ1n) is 7.33. The molecule has 0 amide bonds. The van der Waals surface area contributed by atoms with Crippen LogP contribution in [0.3, 0.4) is 0 Å². The molecule has 1 aliphatic heterocycles. The molecule has 1 N–H and O–H groups in total. The molecular formula is C16H21F2NO2. The van der Waals surface area contributed by atoms with Crippen LogP contribution in [0.2, 0.25) is 0 Å². The number of hydrogen-bond acceptors (Lipinski definition) is 2. The lowest BCUT2D eigenvalue weighted by atomic mass is 9.84. The van der Waals surface area contributed by atoms with Gasteiger partial charge in [-0.1, -0.05) is 6.92 Å². The van der Waals surface area contributed by atoms with E-state index in [1.165, 1.54) is 6.07 Å². The van der Waals surface area contributed by atoms with Crippen LogP contribution in [-0.2, 0) is 11.3 Å². The smallest absolute Gasteiger partial charge is 0.303 e. The molecule has 1 saturated heterocycles. The van der Waals surface area contributed by atoms with Gasteiger partial charge in [0.2, 0.25) is 0 Å². The minimum Gasteiger partial charge on any atom is -0.481 e. The van der Waals surface area contributed by atoms with Crippen LogP contribution < -0.4 is 0 Å². The van der Waals surface area contributed by atoms with Crippen LogP contribution in [0.4, 0.5) is 8.78 Å². The first kappa shape index (κ1) is 15.9. The number of carbonyl (C=O) groups is 1. The Hall–Kier alpha value is -1.49. The molecule has 1 fully saturated rings. The molecule has 21 heavy (non-hydrogen) atoms. The number of piperidine rings is 1. The Kier molecular flexibility index (Phi) is 5.28. The molecule has 1 aromatic carbocycles. The zero-order valence-corrected chi connectivity index (χ0v) is 12.2. The van der Waals surface area contributed by atoms with Crippen molar-refractivity contribution in [3.05, 3.63) is 35.4 Å². The van der Waals surface area contributed by atoms with E-state index in [0.29, 0.717) is 18.0 Å². The first-order chi connectivity index (χ1) is 9.95. The van der Waals surface area contributed by atoms with Crippen LogP contribution >= 0.6 is 0 Å². The van der Waals surface area contributed by atoms with Crippen molar-refractivity contribution >= 4 is 5.97 Å². The number of carboxylic acids is 1. The molecule has 0 radical (unpaired) electrons. The molecule has 1 aliphatic rings. The second-order valence-electron chi connectivity index (χ2n) is 5.95. The molecule has 5 heteroatoms. The molecule has 1 heterocycles.